The minimum absolute atomic E-state index is 0.0835. The average Bonchev–Trinajstić information content (AvgIpc) is 2.77. The summed E-state index contributed by atoms with van der Waals surface area (Å²) < 4.78 is 35.7. The lowest BCUT2D eigenvalue weighted by atomic mass is 9.94. The van der Waals surface area contributed by atoms with Crippen LogP contribution in [-0.2, 0) is 14.3 Å². The maximum absolute atomic E-state index is 12.6. The van der Waals surface area contributed by atoms with Gasteiger partial charge in [0, 0.05) is 11.5 Å². The smallest absolute Gasteiger partial charge is 0.334 e. The van der Waals surface area contributed by atoms with Gasteiger partial charge in [-0.1, -0.05) is 19.6 Å². The van der Waals surface area contributed by atoms with E-state index in [1.165, 1.54) is 6.92 Å². The fraction of sp³-hybridized carbons (Fsp3) is 0.462. The first-order valence-corrected chi connectivity index (χ1v) is 5.65. The molecule has 98 valence electrons. The number of hydrogen-bond donors (Lipinski definition) is 0. The van der Waals surface area contributed by atoms with Crippen LogP contribution < -0.4 is 0 Å². The van der Waals surface area contributed by atoms with Gasteiger partial charge in [-0.05, 0) is 13.0 Å². The van der Waals surface area contributed by atoms with Crippen molar-refractivity contribution in [2.45, 2.75) is 32.0 Å². The van der Waals surface area contributed by atoms with Gasteiger partial charge in [-0.15, -0.1) is 0 Å². The Morgan fingerprint density at radius 1 is 1.61 bits per heavy atom. The van der Waals surface area contributed by atoms with E-state index in [1.54, 1.807) is 6.08 Å². The van der Waals surface area contributed by atoms with Crippen molar-refractivity contribution in [3.8, 4) is 0 Å². The summed E-state index contributed by atoms with van der Waals surface area (Å²) in [4.78, 5) is 11.6. The zero-order valence-corrected chi connectivity index (χ0v) is 10.2. The lowest BCUT2D eigenvalue weighted by Gasteiger charge is -2.27. The molecule has 0 saturated carbocycles. The van der Waals surface area contributed by atoms with Crippen molar-refractivity contribution in [1.82, 2.24) is 0 Å². The molecule has 0 bridgehead atoms. The summed E-state index contributed by atoms with van der Waals surface area (Å²) in [6.07, 6.45) is 0.871. The topological polar surface area (TPSA) is 35.5 Å². The Morgan fingerprint density at radius 2 is 2.28 bits per heavy atom. The molecule has 2 aliphatic rings. The van der Waals surface area contributed by atoms with E-state index in [4.69, 9.17) is 9.47 Å². The minimum Gasteiger partial charge on any atom is -0.484 e. The molecule has 0 amide bonds. The molecular weight excluding hydrogens is 242 g/mol. The zero-order chi connectivity index (χ0) is 13.5. The first-order chi connectivity index (χ1) is 8.35. The summed E-state index contributed by atoms with van der Waals surface area (Å²) in [6, 6.07) is 0. The predicted octanol–water partition coefficient (Wildman–Crippen LogP) is 2.95. The first-order valence-electron chi connectivity index (χ1n) is 5.65. The third kappa shape index (κ3) is 1.94. The van der Waals surface area contributed by atoms with Gasteiger partial charge in [0.25, 0.3) is 0 Å². The van der Waals surface area contributed by atoms with Crippen LogP contribution in [0.3, 0.4) is 0 Å². The fourth-order valence-electron chi connectivity index (χ4n) is 2.27. The lowest BCUT2D eigenvalue weighted by Crippen LogP contribution is -2.40. The molecule has 3 unspecified atom stereocenters. The highest BCUT2D eigenvalue weighted by molar-refractivity contribution is 5.87. The highest BCUT2D eigenvalue weighted by Gasteiger charge is 2.55. The molecule has 0 N–H and O–H groups in total. The molecule has 0 radical (unpaired) electrons. The number of hydrogen-bond acceptors (Lipinski definition) is 3. The molecule has 0 aromatic heterocycles. The van der Waals surface area contributed by atoms with Crippen molar-refractivity contribution in [3.05, 3.63) is 36.1 Å². The summed E-state index contributed by atoms with van der Waals surface area (Å²) in [7, 11) is 0. The van der Waals surface area contributed by atoms with Crippen molar-refractivity contribution in [2.75, 3.05) is 0 Å². The second-order valence-electron chi connectivity index (χ2n) is 4.74. The minimum atomic E-state index is -1.87. The van der Waals surface area contributed by atoms with Crippen LogP contribution in [0.4, 0.5) is 8.78 Å². The van der Waals surface area contributed by atoms with Crippen molar-refractivity contribution in [1.29, 1.82) is 0 Å². The molecule has 18 heavy (non-hydrogen) atoms. The second kappa shape index (κ2) is 4.23. The SMILES string of the molecule is C=C(C)C(=O)OC12C=CC(C)C1OC(=C(F)F)C2. The standard InChI is InChI=1S/C13H14F2O3/c1-7(2)12(16)18-13-5-4-8(3)10(13)17-9(6-13)11(14)15/h4-5,8,10H,1,6H2,2-3H3. The van der Waals surface area contributed by atoms with E-state index in [0.717, 1.165) is 0 Å². The Morgan fingerprint density at radius 3 is 2.83 bits per heavy atom. The molecule has 1 aliphatic heterocycles. The Balaban J connectivity index is 2.29. The summed E-state index contributed by atoms with van der Waals surface area (Å²) in [5.41, 5.74) is -0.886. The Kier molecular flexibility index (Phi) is 3.00. The Bertz CT molecular complexity index is 463. The van der Waals surface area contributed by atoms with Gasteiger partial charge in [0.05, 0.1) is 6.42 Å². The number of fused-ring (bicyclic) bond motifs is 1. The van der Waals surface area contributed by atoms with E-state index in [9.17, 15) is 13.6 Å². The molecule has 1 aliphatic carbocycles. The van der Waals surface area contributed by atoms with E-state index < -0.39 is 29.5 Å². The third-order valence-corrected chi connectivity index (χ3v) is 3.19. The molecule has 3 nitrogen and oxygen atoms in total. The lowest BCUT2D eigenvalue weighted by molar-refractivity contribution is -0.154. The highest BCUT2D eigenvalue weighted by atomic mass is 19.3. The molecule has 0 aromatic carbocycles. The van der Waals surface area contributed by atoms with Gasteiger partial charge in [0.15, 0.2) is 11.4 Å². The quantitative estimate of drug-likeness (QED) is 0.433. The van der Waals surface area contributed by atoms with Crippen molar-refractivity contribution >= 4 is 5.97 Å². The van der Waals surface area contributed by atoms with Crippen molar-refractivity contribution < 1.29 is 23.0 Å². The van der Waals surface area contributed by atoms with Crippen molar-refractivity contribution in [2.24, 2.45) is 5.92 Å². The molecule has 0 aromatic rings. The average molecular weight is 256 g/mol. The normalized spacial score (nSPS) is 33.0. The van der Waals surface area contributed by atoms with Crippen LogP contribution in [0.25, 0.3) is 0 Å². The van der Waals surface area contributed by atoms with Crippen LogP contribution in [0.1, 0.15) is 20.3 Å². The van der Waals surface area contributed by atoms with Gasteiger partial charge in [-0.3, -0.25) is 0 Å². The zero-order valence-electron chi connectivity index (χ0n) is 10.2. The Hall–Kier alpha value is -1.65. The highest BCUT2D eigenvalue weighted by Crippen LogP contribution is 2.46. The van der Waals surface area contributed by atoms with Crippen LogP contribution in [-0.4, -0.2) is 17.7 Å². The summed E-state index contributed by atoms with van der Waals surface area (Å²) in [6.45, 7) is 6.82. The molecule has 0 spiro atoms. The molecule has 1 fully saturated rings. The van der Waals surface area contributed by atoms with Gasteiger partial charge in [0.1, 0.15) is 6.10 Å². The van der Waals surface area contributed by atoms with Crippen LogP contribution in [0.5, 0.6) is 0 Å². The Labute approximate surface area is 104 Å². The molecule has 1 saturated heterocycles. The van der Waals surface area contributed by atoms with E-state index in [-0.39, 0.29) is 17.9 Å². The van der Waals surface area contributed by atoms with Gasteiger partial charge >= 0.3 is 12.0 Å². The third-order valence-electron chi connectivity index (χ3n) is 3.19. The van der Waals surface area contributed by atoms with Crippen LogP contribution >= 0.6 is 0 Å². The molecule has 1 heterocycles. The van der Waals surface area contributed by atoms with Gasteiger partial charge in [-0.2, -0.15) is 8.78 Å². The molecule has 3 atom stereocenters. The molecule has 2 rings (SSSR count). The molecule has 5 heteroatoms. The maximum Gasteiger partial charge on any atom is 0.334 e. The predicted molar refractivity (Wildman–Crippen MR) is 60.7 cm³/mol. The van der Waals surface area contributed by atoms with Gasteiger partial charge in [0.2, 0.25) is 0 Å². The van der Waals surface area contributed by atoms with E-state index in [2.05, 4.69) is 6.58 Å². The monoisotopic (exact) mass is 256 g/mol. The molecular formula is C13H14F2O3. The second-order valence-corrected chi connectivity index (χ2v) is 4.74. The number of esters is 1. The van der Waals surface area contributed by atoms with Gasteiger partial charge < -0.3 is 9.47 Å². The summed E-state index contributed by atoms with van der Waals surface area (Å²) in [5.74, 6) is -1.08. The number of ether oxygens (including phenoxy) is 2. The summed E-state index contributed by atoms with van der Waals surface area (Å²) in [5, 5.41) is 0. The van der Waals surface area contributed by atoms with E-state index >= 15 is 0 Å². The van der Waals surface area contributed by atoms with Crippen LogP contribution in [0.2, 0.25) is 0 Å². The number of rotatable bonds is 2. The fourth-order valence-corrected chi connectivity index (χ4v) is 2.27. The number of halogens is 2. The first kappa shape index (κ1) is 12.8. The van der Waals surface area contributed by atoms with E-state index in [0.29, 0.717) is 0 Å². The number of carbonyl (C=O) groups excluding carboxylic acids is 1. The summed E-state index contributed by atoms with van der Waals surface area (Å²) >= 11 is 0. The van der Waals surface area contributed by atoms with Gasteiger partial charge in [-0.25, -0.2) is 4.79 Å². The number of carbonyl (C=O) groups is 1. The van der Waals surface area contributed by atoms with Crippen LogP contribution in [0, 0.1) is 5.92 Å². The maximum atomic E-state index is 12.6. The van der Waals surface area contributed by atoms with Crippen LogP contribution in [0.15, 0.2) is 36.1 Å². The van der Waals surface area contributed by atoms with E-state index in [1.807, 2.05) is 13.0 Å². The largest absolute Gasteiger partial charge is 0.484 e. The van der Waals surface area contributed by atoms with Crippen molar-refractivity contribution in [3.63, 3.8) is 0 Å².